The number of halogens is 1. The van der Waals surface area contributed by atoms with Crippen molar-refractivity contribution in [2.75, 3.05) is 0 Å². The van der Waals surface area contributed by atoms with Crippen molar-refractivity contribution in [1.82, 2.24) is 4.98 Å². The van der Waals surface area contributed by atoms with Crippen molar-refractivity contribution in [3.63, 3.8) is 0 Å². The largest absolute Gasteiger partial charge is 0.326 e. The van der Waals surface area contributed by atoms with Crippen LogP contribution in [0.2, 0.25) is 0 Å². The number of benzene rings is 1. The van der Waals surface area contributed by atoms with E-state index in [1.165, 1.54) is 0 Å². The Bertz CT molecular complexity index is 479. The molecule has 0 aliphatic heterocycles. The summed E-state index contributed by atoms with van der Waals surface area (Å²) in [6, 6.07) is 8.09. The number of thiazole rings is 1. The van der Waals surface area contributed by atoms with E-state index >= 15 is 0 Å². The second-order valence-corrected chi connectivity index (χ2v) is 5.15. The molecule has 0 unspecified atom stereocenters. The Hall–Kier alpha value is -0.710. The molecule has 0 bridgehead atoms. The SMILES string of the molecule is Cc1nc(-c2ccccc2Br)sc1CN. The first-order valence-electron chi connectivity index (χ1n) is 4.63. The van der Waals surface area contributed by atoms with Crippen molar-refractivity contribution in [3.8, 4) is 10.6 Å². The van der Waals surface area contributed by atoms with Crippen molar-refractivity contribution < 1.29 is 0 Å². The highest BCUT2D eigenvalue weighted by Gasteiger charge is 2.09. The van der Waals surface area contributed by atoms with Gasteiger partial charge in [-0.05, 0) is 13.0 Å². The fourth-order valence-corrected chi connectivity index (χ4v) is 2.95. The lowest BCUT2D eigenvalue weighted by Gasteiger charge is -1.98. The first kappa shape index (κ1) is 10.8. The zero-order valence-electron chi connectivity index (χ0n) is 8.33. The topological polar surface area (TPSA) is 38.9 Å². The van der Waals surface area contributed by atoms with Gasteiger partial charge in [0, 0.05) is 21.5 Å². The summed E-state index contributed by atoms with van der Waals surface area (Å²) in [7, 11) is 0. The fraction of sp³-hybridized carbons (Fsp3) is 0.182. The van der Waals surface area contributed by atoms with Gasteiger partial charge < -0.3 is 5.73 Å². The molecule has 1 heterocycles. The molecule has 4 heteroatoms. The maximum atomic E-state index is 5.64. The summed E-state index contributed by atoms with van der Waals surface area (Å²) in [4.78, 5) is 5.67. The van der Waals surface area contributed by atoms with Gasteiger partial charge in [-0.1, -0.05) is 34.1 Å². The summed E-state index contributed by atoms with van der Waals surface area (Å²) >= 11 is 5.18. The van der Waals surface area contributed by atoms with Gasteiger partial charge in [0.25, 0.3) is 0 Å². The zero-order valence-corrected chi connectivity index (χ0v) is 10.7. The third-order valence-corrected chi connectivity index (χ3v) is 4.09. The third kappa shape index (κ3) is 2.12. The average Bonchev–Trinajstić information content (AvgIpc) is 2.60. The van der Waals surface area contributed by atoms with E-state index in [0.717, 1.165) is 25.6 Å². The van der Waals surface area contributed by atoms with Gasteiger partial charge in [-0.3, -0.25) is 0 Å². The molecule has 2 nitrogen and oxygen atoms in total. The molecular weight excluding hydrogens is 272 g/mol. The Morgan fingerprint density at radius 3 is 2.73 bits per heavy atom. The van der Waals surface area contributed by atoms with Crippen LogP contribution in [0.25, 0.3) is 10.6 Å². The molecule has 2 aromatic rings. The minimum atomic E-state index is 0.563. The van der Waals surface area contributed by atoms with Crippen LogP contribution in [0, 0.1) is 6.92 Å². The number of nitrogens with two attached hydrogens (primary N) is 1. The molecular formula is C11H11BrN2S. The molecule has 0 amide bonds. The van der Waals surface area contributed by atoms with Crippen LogP contribution in [0.3, 0.4) is 0 Å². The Kier molecular flexibility index (Phi) is 3.19. The molecule has 0 fully saturated rings. The van der Waals surface area contributed by atoms with E-state index in [0.29, 0.717) is 6.54 Å². The molecule has 1 aromatic carbocycles. The first-order valence-corrected chi connectivity index (χ1v) is 6.24. The van der Waals surface area contributed by atoms with Crippen molar-refractivity contribution >= 4 is 27.3 Å². The van der Waals surface area contributed by atoms with Gasteiger partial charge in [0.1, 0.15) is 5.01 Å². The summed E-state index contributed by atoms with van der Waals surface area (Å²) < 4.78 is 1.07. The minimum absolute atomic E-state index is 0.563. The van der Waals surface area contributed by atoms with E-state index in [1.807, 2.05) is 25.1 Å². The second-order valence-electron chi connectivity index (χ2n) is 3.21. The monoisotopic (exact) mass is 282 g/mol. The van der Waals surface area contributed by atoms with E-state index in [2.05, 4.69) is 27.0 Å². The zero-order chi connectivity index (χ0) is 10.8. The van der Waals surface area contributed by atoms with E-state index in [4.69, 9.17) is 5.73 Å². The van der Waals surface area contributed by atoms with Crippen molar-refractivity contribution in [1.29, 1.82) is 0 Å². The quantitative estimate of drug-likeness (QED) is 0.918. The van der Waals surface area contributed by atoms with Crippen LogP contribution in [0.15, 0.2) is 28.7 Å². The lowest BCUT2D eigenvalue weighted by Crippen LogP contribution is -1.94. The molecule has 0 radical (unpaired) electrons. The summed E-state index contributed by atoms with van der Waals surface area (Å²) in [5, 5.41) is 1.03. The lowest BCUT2D eigenvalue weighted by molar-refractivity contribution is 1.06. The van der Waals surface area contributed by atoms with E-state index in [9.17, 15) is 0 Å². The van der Waals surface area contributed by atoms with Crippen LogP contribution < -0.4 is 5.73 Å². The summed E-state index contributed by atoms with van der Waals surface area (Å²) in [6.45, 7) is 2.56. The van der Waals surface area contributed by atoms with Crippen LogP contribution in [-0.2, 0) is 6.54 Å². The van der Waals surface area contributed by atoms with Gasteiger partial charge >= 0.3 is 0 Å². The van der Waals surface area contributed by atoms with Gasteiger partial charge in [-0.15, -0.1) is 11.3 Å². The molecule has 2 rings (SSSR count). The average molecular weight is 283 g/mol. The predicted molar refractivity (Wildman–Crippen MR) is 67.9 cm³/mol. The Labute approximate surface area is 101 Å². The number of hydrogen-bond donors (Lipinski definition) is 1. The fourth-order valence-electron chi connectivity index (χ4n) is 1.37. The van der Waals surface area contributed by atoms with Gasteiger partial charge in [-0.2, -0.15) is 0 Å². The van der Waals surface area contributed by atoms with Gasteiger partial charge in [0.05, 0.1) is 5.69 Å². The van der Waals surface area contributed by atoms with E-state index in [1.54, 1.807) is 11.3 Å². The Morgan fingerprint density at radius 2 is 2.13 bits per heavy atom. The number of hydrogen-bond acceptors (Lipinski definition) is 3. The molecule has 15 heavy (non-hydrogen) atoms. The molecule has 0 atom stereocenters. The summed E-state index contributed by atoms with van der Waals surface area (Å²) in [6.07, 6.45) is 0. The Balaban J connectivity index is 2.50. The van der Waals surface area contributed by atoms with Crippen LogP contribution >= 0.6 is 27.3 Å². The van der Waals surface area contributed by atoms with Crippen LogP contribution in [0.4, 0.5) is 0 Å². The van der Waals surface area contributed by atoms with Crippen molar-refractivity contribution in [3.05, 3.63) is 39.3 Å². The molecule has 0 saturated carbocycles. The van der Waals surface area contributed by atoms with Gasteiger partial charge in [-0.25, -0.2) is 4.98 Å². The van der Waals surface area contributed by atoms with Crippen LogP contribution in [0.1, 0.15) is 10.6 Å². The van der Waals surface area contributed by atoms with Gasteiger partial charge in [0.2, 0.25) is 0 Å². The molecule has 0 aliphatic rings. The highest BCUT2D eigenvalue weighted by molar-refractivity contribution is 9.10. The van der Waals surface area contributed by atoms with Crippen LogP contribution in [0.5, 0.6) is 0 Å². The van der Waals surface area contributed by atoms with E-state index in [-0.39, 0.29) is 0 Å². The normalized spacial score (nSPS) is 10.6. The third-order valence-electron chi connectivity index (χ3n) is 2.18. The highest BCUT2D eigenvalue weighted by Crippen LogP contribution is 2.32. The molecule has 78 valence electrons. The van der Waals surface area contributed by atoms with Crippen molar-refractivity contribution in [2.24, 2.45) is 5.73 Å². The highest BCUT2D eigenvalue weighted by atomic mass is 79.9. The summed E-state index contributed by atoms with van der Waals surface area (Å²) in [5.41, 5.74) is 7.80. The smallest absolute Gasteiger partial charge is 0.125 e. The molecule has 0 spiro atoms. The van der Waals surface area contributed by atoms with Crippen molar-refractivity contribution in [2.45, 2.75) is 13.5 Å². The van der Waals surface area contributed by atoms with Crippen LogP contribution in [-0.4, -0.2) is 4.98 Å². The Morgan fingerprint density at radius 1 is 1.40 bits per heavy atom. The maximum absolute atomic E-state index is 5.64. The number of rotatable bonds is 2. The first-order chi connectivity index (χ1) is 7.22. The molecule has 0 aliphatic carbocycles. The molecule has 2 N–H and O–H groups in total. The maximum Gasteiger partial charge on any atom is 0.125 e. The number of aromatic nitrogens is 1. The number of aryl methyl sites for hydroxylation is 1. The predicted octanol–water partition coefficient (Wildman–Crippen LogP) is 3.34. The molecule has 0 saturated heterocycles. The van der Waals surface area contributed by atoms with E-state index < -0.39 is 0 Å². The number of nitrogens with zero attached hydrogens (tertiary/aromatic N) is 1. The van der Waals surface area contributed by atoms with Gasteiger partial charge in [0.15, 0.2) is 0 Å². The molecule has 1 aromatic heterocycles. The standard InChI is InChI=1S/C11H11BrN2S/c1-7-10(6-13)15-11(14-7)8-4-2-3-5-9(8)12/h2-5H,6,13H2,1H3. The minimum Gasteiger partial charge on any atom is -0.326 e. The second kappa shape index (κ2) is 4.43. The lowest BCUT2D eigenvalue weighted by atomic mass is 10.2. The summed E-state index contributed by atoms with van der Waals surface area (Å²) in [5.74, 6) is 0.